The Morgan fingerprint density at radius 3 is 2.08 bits per heavy atom. The minimum atomic E-state index is 0.429. The number of nitrogens with zero attached hydrogens (tertiary/aromatic N) is 3. The SMILES string of the molecule is Oc1c2cc(N3CCN(CCC(c4ccccc4)c4ccccc4)CC3)ccc2cn1CC1CCCCC1. The second-order valence-corrected chi connectivity index (χ2v) is 11.4. The number of fused-ring (bicyclic) bond motifs is 1. The van der Waals surface area contributed by atoms with E-state index in [9.17, 15) is 5.11 Å². The van der Waals surface area contributed by atoms with Gasteiger partial charge in [0.25, 0.3) is 0 Å². The zero-order chi connectivity index (χ0) is 25.7. The Morgan fingerprint density at radius 2 is 1.42 bits per heavy atom. The summed E-state index contributed by atoms with van der Waals surface area (Å²) < 4.78 is 2.10. The number of hydrogen-bond donors (Lipinski definition) is 1. The molecule has 1 saturated carbocycles. The summed E-state index contributed by atoms with van der Waals surface area (Å²) in [7, 11) is 0. The maximum absolute atomic E-state index is 11.0. The molecule has 4 nitrogen and oxygen atoms in total. The molecule has 2 heterocycles. The summed E-state index contributed by atoms with van der Waals surface area (Å²) in [6.45, 7) is 6.24. The van der Waals surface area contributed by atoms with Crippen LogP contribution in [0.1, 0.15) is 55.6 Å². The topological polar surface area (TPSA) is 31.6 Å². The van der Waals surface area contributed by atoms with E-state index in [-0.39, 0.29) is 0 Å². The summed E-state index contributed by atoms with van der Waals surface area (Å²) in [4.78, 5) is 5.10. The van der Waals surface area contributed by atoms with Crippen LogP contribution in [0.25, 0.3) is 10.8 Å². The smallest absolute Gasteiger partial charge is 0.199 e. The van der Waals surface area contributed by atoms with Crippen LogP contribution in [0.3, 0.4) is 0 Å². The van der Waals surface area contributed by atoms with Gasteiger partial charge in [-0.1, -0.05) is 86.0 Å². The highest BCUT2D eigenvalue weighted by Crippen LogP contribution is 2.34. The number of hydrogen-bond acceptors (Lipinski definition) is 3. The van der Waals surface area contributed by atoms with Crippen molar-refractivity contribution in [3.63, 3.8) is 0 Å². The molecule has 1 saturated heterocycles. The zero-order valence-electron chi connectivity index (χ0n) is 22.5. The average molecular weight is 508 g/mol. The van der Waals surface area contributed by atoms with Crippen molar-refractivity contribution in [2.45, 2.75) is 51.0 Å². The van der Waals surface area contributed by atoms with Gasteiger partial charge >= 0.3 is 0 Å². The van der Waals surface area contributed by atoms with Gasteiger partial charge in [-0.25, -0.2) is 0 Å². The summed E-state index contributed by atoms with van der Waals surface area (Å²) in [5, 5.41) is 13.2. The molecule has 1 N–H and O–H groups in total. The third-order valence-electron chi connectivity index (χ3n) is 8.90. The minimum absolute atomic E-state index is 0.429. The molecule has 0 amide bonds. The Hall–Kier alpha value is -3.24. The van der Waals surface area contributed by atoms with E-state index < -0.39 is 0 Å². The fourth-order valence-corrected chi connectivity index (χ4v) is 6.66. The first-order valence-electron chi connectivity index (χ1n) is 14.6. The van der Waals surface area contributed by atoms with Crippen molar-refractivity contribution in [1.82, 2.24) is 9.47 Å². The normalized spacial score (nSPS) is 17.4. The lowest BCUT2D eigenvalue weighted by Gasteiger charge is -2.36. The van der Waals surface area contributed by atoms with Gasteiger partial charge in [-0.15, -0.1) is 0 Å². The Kier molecular flexibility index (Phi) is 7.69. The summed E-state index contributed by atoms with van der Waals surface area (Å²) >= 11 is 0. The van der Waals surface area contributed by atoms with Gasteiger partial charge in [0.1, 0.15) is 0 Å². The van der Waals surface area contributed by atoms with E-state index in [1.54, 1.807) is 0 Å². The Balaban J connectivity index is 1.08. The lowest BCUT2D eigenvalue weighted by Crippen LogP contribution is -2.46. The van der Waals surface area contributed by atoms with Crippen LogP contribution in [-0.4, -0.2) is 47.3 Å². The van der Waals surface area contributed by atoms with E-state index in [4.69, 9.17) is 0 Å². The molecule has 1 aliphatic heterocycles. The van der Waals surface area contributed by atoms with Gasteiger partial charge in [0.15, 0.2) is 5.88 Å². The van der Waals surface area contributed by atoms with Crippen LogP contribution < -0.4 is 4.90 Å². The van der Waals surface area contributed by atoms with Crippen LogP contribution in [0.15, 0.2) is 85.1 Å². The third-order valence-corrected chi connectivity index (χ3v) is 8.90. The molecule has 0 spiro atoms. The Labute approximate surface area is 227 Å². The van der Waals surface area contributed by atoms with Crippen molar-refractivity contribution in [2.75, 3.05) is 37.6 Å². The molecule has 4 heteroatoms. The highest BCUT2D eigenvalue weighted by atomic mass is 16.3. The molecular weight excluding hydrogens is 466 g/mol. The molecule has 3 aromatic carbocycles. The molecule has 0 unspecified atom stereocenters. The fourth-order valence-electron chi connectivity index (χ4n) is 6.66. The van der Waals surface area contributed by atoms with Crippen LogP contribution in [-0.2, 0) is 6.54 Å². The fraction of sp³-hybridized carbons (Fsp3) is 0.412. The van der Waals surface area contributed by atoms with Crippen LogP contribution in [0, 0.1) is 5.92 Å². The van der Waals surface area contributed by atoms with Gasteiger partial charge < -0.3 is 14.6 Å². The highest BCUT2D eigenvalue weighted by molar-refractivity contribution is 5.90. The summed E-state index contributed by atoms with van der Waals surface area (Å²) in [5.41, 5.74) is 4.04. The second-order valence-electron chi connectivity index (χ2n) is 11.4. The molecule has 4 aromatic rings. The monoisotopic (exact) mass is 507 g/mol. The summed E-state index contributed by atoms with van der Waals surface area (Å²) in [5.74, 6) is 1.57. The average Bonchev–Trinajstić information content (AvgIpc) is 3.29. The first-order valence-corrected chi connectivity index (χ1v) is 14.6. The van der Waals surface area contributed by atoms with Crippen molar-refractivity contribution >= 4 is 16.5 Å². The van der Waals surface area contributed by atoms with Crippen molar-refractivity contribution in [1.29, 1.82) is 0 Å². The lowest BCUT2D eigenvalue weighted by molar-refractivity contribution is 0.251. The van der Waals surface area contributed by atoms with E-state index in [1.165, 1.54) is 48.9 Å². The molecule has 198 valence electrons. The first kappa shape index (κ1) is 25.1. The van der Waals surface area contributed by atoms with Gasteiger partial charge in [-0.05, 0) is 55.0 Å². The number of rotatable bonds is 8. The number of anilines is 1. The predicted molar refractivity (Wildman–Crippen MR) is 158 cm³/mol. The number of piperazine rings is 1. The van der Waals surface area contributed by atoms with E-state index >= 15 is 0 Å². The van der Waals surface area contributed by atoms with Crippen molar-refractivity contribution in [2.24, 2.45) is 5.92 Å². The number of benzene rings is 3. The molecular formula is C34H41N3O. The maximum Gasteiger partial charge on any atom is 0.199 e. The van der Waals surface area contributed by atoms with Gasteiger partial charge in [-0.3, -0.25) is 4.90 Å². The number of aromatic nitrogens is 1. The van der Waals surface area contributed by atoms with Gasteiger partial charge in [-0.2, -0.15) is 0 Å². The van der Waals surface area contributed by atoms with Crippen molar-refractivity contribution in [3.8, 4) is 5.88 Å². The van der Waals surface area contributed by atoms with Crippen LogP contribution >= 0.6 is 0 Å². The maximum atomic E-state index is 11.0. The quantitative estimate of drug-likeness (QED) is 0.272. The van der Waals surface area contributed by atoms with Crippen molar-refractivity contribution < 1.29 is 5.11 Å². The molecule has 0 radical (unpaired) electrons. The third kappa shape index (κ3) is 5.61. The molecule has 2 fully saturated rings. The first-order chi connectivity index (χ1) is 18.7. The van der Waals surface area contributed by atoms with Gasteiger partial charge in [0, 0.05) is 61.3 Å². The zero-order valence-corrected chi connectivity index (χ0v) is 22.5. The molecule has 38 heavy (non-hydrogen) atoms. The van der Waals surface area contributed by atoms with Crippen LogP contribution in [0.2, 0.25) is 0 Å². The van der Waals surface area contributed by atoms with E-state index in [1.807, 2.05) is 0 Å². The minimum Gasteiger partial charge on any atom is -0.494 e. The largest absolute Gasteiger partial charge is 0.494 e. The van der Waals surface area contributed by atoms with Crippen LogP contribution in [0.5, 0.6) is 5.88 Å². The van der Waals surface area contributed by atoms with E-state index in [0.29, 0.717) is 17.7 Å². The molecule has 2 aliphatic rings. The lowest BCUT2D eigenvalue weighted by atomic mass is 9.88. The predicted octanol–water partition coefficient (Wildman–Crippen LogP) is 7.27. The molecule has 0 atom stereocenters. The number of aromatic hydroxyl groups is 1. The molecule has 6 rings (SSSR count). The van der Waals surface area contributed by atoms with Gasteiger partial charge in [0.2, 0.25) is 0 Å². The van der Waals surface area contributed by atoms with E-state index in [0.717, 1.165) is 56.5 Å². The summed E-state index contributed by atoms with van der Waals surface area (Å²) in [6.07, 6.45) is 9.90. The molecule has 1 aliphatic carbocycles. The van der Waals surface area contributed by atoms with Gasteiger partial charge in [0.05, 0.1) is 0 Å². The standard InChI is InChI=1S/C34H41N3O/c38-34-33-24-31(17-16-30(33)26-37(34)25-27-10-4-1-5-11-27)36-22-20-35(21-23-36)19-18-32(28-12-6-2-7-13-28)29-14-8-3-9-15-29/h2-3,6-9,12-17,24,26-27,32,38H,1,4-5,10-11,18-23,25H2. The highest BCUT2D eigenvalue weighted by Gasteiger charge is 2.22. The summed E-state index contributed by atoms with van der Waals surface area (Å²) in [6, 6.07) is 28.5. The molecule has 0 bridgehead atoms. The van der Waals surface area contributed by atoms with E-state index in [2.05, 4.69) is 99.4 Å². The van der Waals surface area contributed by atoms with Crippen LogP contribution in [0.4, 0.5) is 5.69 Å². The van der Waals surface area contributed by atoms with Crippen molar-refractivity contribution in [3.05, 3.63) is 96.2 Å². The molecule has 1 aromatic heterocycles. The second kappa shape index (κ2) is 11.7. The Morgan fingerprint density at radius 1 is 0.763 bits per heavy atom. The Bertz CT molecular complexity index is 1260.